The lowest BCUT2D eigenvalue weighted by Gasteiger charge is -2.28. The van der Waals surface area contributed by atoms with Crippen molar-refractivity contribution in [2.75, 3.05) is 19.8 Å². The van der Waals surface area contributed by atoms with Crippen LogP contribution in [-0.2, 0) is 0 Å². The van der Waals surface area contributed by atoms with Crippen LogP contribution in [0.2, 0.25) is 0 Å². The Morgan fingerprint density at radius 3 is 2.79 bits per heavy atom. The molecule has 108 valence electrons. The third-order valence-electron chi connectivity index (χ3n) is 3.17. The smallest absolute Gasteiger partial charge is 0.165 e. The molecule has 0 bridgehead atoms. The predicted molar refractivity (Wildman–Crippen MR) is 75.0 cm³/mol. The Kier molecular flexibility index (Phi) is 6.25. The number of aryl methyl sites for hydroxylation is 1. The van der Waals surface area contributed by atoms with E-state index in [0.29, 0.717) is 12.4 Å². The maximum atomic E-state index is 13.4. The number of benzene rings is 1. The minimum absolute atomic E-state index is 0.0830. The Hall–Kier alpha value is -1.13. The molecule has 0 aliphatic rings. The molecule has 2 N–H and O–H groups in total. The van der Waals surface area contributed by atoms with Gasteiger partial charge in [0.15, 0.2) is 11.6 Å². The van der Waals surface area contributed by atoms with E-state index in [1.807, 2.05) is 20.8 Å². The largest absolute Gasteiger partial charge is 0.491 e. The topological polar surface area (TPSA) is 41.5 Å². The average molecular weight is 269 g/mol. The van der Waals surface area contributed by atoms with Crippen LogP contribution >= 0.6 is 0 Å². The van der Waals surface area contributed by atoms with Gasteiger partial charge in [-0.05, 0) is 50.9 Å². The summed E-state index contributed by atoms with van der Waals surface area (Å²) >= 11 is 0. The molecule has 1 aromatic carbocycles. The van der Waals surface area contributed by atoms with E-state index < -0.39 is 0 Å². The fourth-order valence-corrected chi connectivity index (χ4v) is 2.02. The molecule has 0 aromatic heterocycles. The number of nitrogens with one attached hydrogen (secondary N) is 1. The van der Waals surface area contributed by atoms with E-state index in [-0.39, 0.29) is 18.0 Å². The zero-order chi connectivity index (χ0) is 14.3. The molecule has 19 heavy (non-hydrogen) atoms. The quantitative estimate of drug-likeness (QED) is 0.713. The molecule has 1 rings (SSSR count). The van der Waals surface area contributed by atoms with Crippen LogP contribution in [0.25, 0.3) is 0 Å². The second-order valence-corrected chi connectivity index (χ2v) is 5.13. The molecule has 0 saturated heterocycles. The molecule has 0 aliphatic heterocycles. The van der Waals surface area contributed by atoms with Crippen molar-refractivity contribution in [1.82, 2.24) is 5.32 Å². The van der Waals surface area contributed by atoms with Gasteiger partial charge >= 0.3 is 0 Å². The molecule has 1 atom stereocenters. The highest BCUT2D eigenvalue weighted by atomic mass is 19.1. The van der Waals surface area contributed by atoms with Crippen molar-refractivity contribution in [2.24, 2.45) is 0 Å². The van der Waals surface area contributed by atoms with Gasteiger partial charge in [-0.25, -0.2) is 4.39 Å². The average Bonchev–Trinajstić information content (AvgIpc) is 2.39. The Morgan fingerprint density at radius 1 is 1.42 bits per heavy atom. The van der Waals surface area contributed by atoms with Gasteiger partial charge in [-0.1, -0.05) is 13.0 Å². The number of likely N-dealkylation sites (N-methyl/N-ethyl adjacent to an activating group) is 1. The number of ether oxygens (including phenoxy) is 1. The van der Waals surface area contributed by atoms with E-state index in [9.17, 15) is 9.50 Å². The molecule has 0 fully saturated rings. The van der Waals surface area contributed by atoms with E-state index in [1.165, 1.54) is 6.07 Å². The Bertz CT molecular complexity index is 398. The van der Waals surface area contributed by atoms with Gasteiger partial charge in [0.25, 0.3) is 0 Å². The van der Waals surface area contributed by atoms with E-state index in [2.05, 4.69) is 5.32 Å². The zero-order valence-electron chi connectivity index (χ0n) is 12.0. The van der Waals surface area contributed by atoms with Gasteiger partial charge in [-0.2, -0.15) is 0 Å². The first kappa shape index (κ1) is 15.9. The summed E-state index contributed by atoms with van der Waals surface area (Å²) in [6.45, 7) is 7.22. The van der Waals surface area contributed by atoms with Crippen LogP contribution in [0.5, 0.6) is 5.75 Å². The van der Waals surface area contributed by atoms with E-state index in [0.717, 1.165) is 24.9 Å². The molecule has 3 nitrogen and oxygen atoms in total. The third kappa shape index (κ3) is 5.17. The van der Waals surface area contributed by atoms with E-state index in [1.54, 1.807) is 12.1 Å². The number of aliphatic hydroxyl groups excluding tert-OH is 1. The standard InChI is InChI=1S/C15H24FNO2/c1-4-17-15(3,11-18)8-5-9-19-14-10-12(2)6-7-13(14)16/h6-7,10,17-18H,4-5,8-9,11H2,1-3H3. The molecular formula is C15H24FNO2. The summed E-state index contributed by atoms with van der Waals surface area (Å²) in [4.78, 5) is 0. The summed E-state index contributed by atoms with van der Waals surface area (Å²) in [6.07, 6.45) is 1.54. The van der Waals surface area contributed by atoms with Gasteiger partial charge in [0.2, 0.25) is 0 Å². The number of hydrogen-bond donors (Lipinski definition) is 2. The van der Waals surface area contributed by atoms with Crippen LogP contribution in [0.15, 0.2) is 18.2 Å². The second-order valence-electron chi connectivity index (χ2n) is 5.13. The van der Waals surface area contributed by atoms with Gasteiger partial charge in [-0.3, -0.25) is 0 Å². The molecule has 0 spiro atoms. The number of aliphatic hydroxyl groups is 1. The summed E-state index contributed by atoms with van der Waals surface area (Å²) in [6, 6.07) is 4.84. The molecule has 0 saturated carbocycles. The first-order valence-corrected chi connectivity index (χ1v) is 6.75. The maximum Gasteiger partial charge on any atom is 0.165 e. The maximum absolute atomic E-state index is 13.4. The summed E-state index contributed by atoms with van der Waals surface area (Å²) in [7, 11) is 0. The van der Waals surface area contributed by atoms with E-state index >= 15 is 0 Å². The molecule has 1 unspecified atom stereocenters. The van der Waals surface area contributed by atoms with Gasteiger partial charge in [0, 0.05) is 5.54 Å². The highest BCUT2D eigenvalue weighted by molar-refractivity contribution is 5.29. The Morgan fingerprint density at radius 2 is 2.16 bits per heavy atom. The predicted octanol–water partition coefficient (Wildman–Crippen LogP) is 2.65. The molecule has 0 radical (unpaired) electrons. The molecule has 0 amide bonds. The van der Waals surface area contributed by atoms with Crippen LogP contribution < -0.4 is 10.1 Å². The first-order chi connectivity index (χ1) is 9.00. The number of hydrogen-bond acceptors (Lipinski definition) is 3. The third-order valence-corrected chi connectivity index (χ3v) is 3.17. The molecular weight excluding hydrogens is 245 g/mol. The SMILES string of the molecule is CCNC(C)(CO)CCCOc1cc(C)ccc1F. The van der Waals surface area contributed by atoms with Crippen molar-refractivity contribution in [1.29, 1.82) is 0 Å². The first-order valence-electron chi connectivity index (χ1n) is 6.75. The number of rotatable bonds is 8. The lowest BCUT2D eigenvalue weighted by molar-refractivity contribution is 0.157. The Labute approximate surface area is 114 Å². The van der Waals surface area contributed by atoms with Crippen LogP contribution in [0.4, 0.5) is 4.39 Å². The van der Waals surface area contributed by atoms with Crippen LogP contribution in [0, 0.1) is 12.7 Å². The normalized spacial score (nSPS) is 14.2. The lowest BCUT2D eigenvalue weighted by Crippen LogP contribution is -2.45. The van der Waals surface area contributed by atoms with Crippen LogP contribution in [-0.4, -0.2) is 30.4 Å². The summed E-state index contributed by atoms with van der Waals surface area (Å²) < 4.78 is 18.9. The fraction of sp³-hybridized carbons (Fsp3) is 0.600. The van der Waals surface area contributed by atoms with Crippen molar-refractivity contribution in [3.63, 3.8) is 0 Å². The minimum atomic E-state index is -0.331. The number of halogens is 1. The van der Waals surface area contributed by atoms with Crippen molar-refractivity contribution in [3.8, 4) is 5.75 Å². The minimum Gasteiger partial charge on any atom is -0.491 e. The van der Waals surface area contributed by atoms with Crippen molar-refractivity contribution in [3.05, 3.63) is 29.6 Å². The molecule has 1 aromatic rings. The van der Waals surface area contributed by atoms with Crippen LogP contribution in [0.1, 0.15) is 32.3 Å². The monoisotopic (exact) mass is 269 g/mol. The molecule has 0 heterocycles. The summed E-state index contributed by atoms with van der Waals surface area (Å²) in [5.74, 6) is -0.0312. The van der Waals surface area contributed by atoms with Gasteiger partial charge in [-0.15, -0.1) is 0 Å². The van der Waals surface area contributed by atoms with Crippen molar-refractivity contribution < 1.29 is 14.2 Å². The Balaban J connectivity index is 2.40. The summed E-state index contributed by atoms with van der Waals surface area (Å²) in [5, 5.41) is 12.6. The highest BCUT2D eigenvalue weighted by Crippen LogP contribution is 2.19. The van der Waals surface area contributed by atoms with Crippen molar-refractivity contribution >= 4 is 0 Å². The highest BCUT2D eigenvalue weighted by Gasteiger charge is 2.21. The second kappa shape index (κ2) is 7.46. The zero-order valence-corrected chi connectivity index (χ0v) is 12.0. The van der Waals surface area contributed by atoms with Crippen LogP contribution in [0.3, 0.4) is 0 Å². The van der Waals surface area contributed by atoms with Gasteiger partial charge < -0.3 is 15.2 Å². The fourth-order valence-electron chi connectivity index (χ4n) is 2.02. The van der Waals surface area contributed by atoms with Crippen molar-refractivity contribution in [2.45, 2.75) is 39.2 Å². The lowest BCUT2D eigenvalue weighted by atomic mass is 9.97. The van der Waals surface area contributed by atoms with E-state index in [4.69, 9.17) is 4.74 Å². The van der Waals surface area contributed by atoms with Gasteiger partial charge in [0.1, 0.15) is 0 Å². The molecule has 0 aliphatic carbocycles. The van der Waals surface area contributed by atoms with Gasteiger partial charge in [0.05, 0.1) is 13.2 Å². The molecule has 4 heteroatoms. The summed E-state index contributed by atoms with van der Waals surface area (Å²) in [5.41, 5.74) is 0.688.